The van der Waals surface area contributed by atoms with Crippen molar-refractivity contribution < 1.29 is 13.2 Å². The highest BCUT2D eigenvalue weighted by Crippen LogP contribution is 2.28. The summed E-state index contributed by atoms with van der Waals surface area (Å²) < 4.78 is 29.8. The van der Waals surface area contributed by atoms with Crippen LogP contribution in [0.5, 0.6) is 0 Å². The second-order valence-electron chi connectivity index (χ2n) is 8.29. The van der Waals surface area contributed by atoms with E-state index in [0.717, 1.165) is 0 Å². The summed E-state index contributed by atoms with van der Waals surface area (Å²) in [6, 6.07) is 6.71. The number of nitrogens with zero attached hydrogens (tertiary/aromatic N) is 4. The first-order valence-electron chi connectivity index (χ1n) is 9.54. The molecule has 9 heteroatoms. The smallest absolute Gasteiger partial charge is 0.253 e. The van der Waals surface area contributed by atoms with Gasteiger partial charge < -0.3 is 4.90 Å². The van der Waals surface area contributed by atoms with Crippen LogP contribution in [0.3, 0.4) is 0 Å². The minimum absolute atomic E-state index is 0.119. The summed E-state index contributed by atoms with van der Waals surface area (Å²) in [6.45, 7) is 10.7. The van der Waals surface area contributed by atoms with Crippen LogP contribution in [0.1, 0.15) is 42.5 Å². The predicted octanol–water partition coefficient (Wildman–Crippen LogP) is 3.06. The van der Waals surface area contributed by atoms with Crippen molar-refractivity contribution in [2.45, 2.75) is 45.1 Å². The SMILES string of the molecule is Cc1nn(C(C)(C)C)c(C)c1S(=O)(=O)N1CCN(C(=O)c2ccc(Cl)cc2)CC1. The second-order valence-corrected chi connectivity index (χ2v) is 10.6. The molecule has 2 aromatic rings. The van der Waals surface area contributed by atoms with E-state index in [1.54, 1.807) is 47.7 Å². The number of amides is 1. The number of carbonyl (C=O) groups excluding carboxylic acids is 1. The summed E-state index contributed by atoms with van der Waals surface area (Å²) in [7, 11) is -3.69. The lowest BCUT2D eigenvalue weighted by Crippen LogP contribution is -2.50. The van der Waals surface area contributed by atoms with E-state index in [0.29, 0.717) is 35.1 Å². The minimum atomic E-state index is -3.69. The van der Waals surface area contributed by atoms with Gasteiger partial charge in [0.25, 0.3) is 5.91 Å². The molecule has 1 aromatic carbocycles. The first-order chi connectivity index (χ1) is 13.4. The molecule has 158 valence electrons. The highest BCUT2D eigenvalue weighted by Gasteiger charge is 2.35. The Bertz CT molecular complexity index is 1020. The van der Waals surface area contributed by atoms with Crippen LogP contribution in [0.25, 0.3) is 0 Å². The predicted molar refractivity (Wildman–Crippen MR) is 113 cm³/mol. The van der Waals surface area contributed by atoms with Gasteiger partial charge in [-0.15, -0.1) is 0 Å². The first-order valence-corrected chi connectivity index (χ1v) is 11.4. The van der Waals surface area contributed by atoms with Crippen LogP contribution in [0.4, 0.5) is 0 Å². The molecule has 7 nitrogen and oxygen atoms in total. The van der Waals surface area contributed by atoms with Gasteiger partial charge in [0.2, 0.25) is 10.0 Å². The maximum atomic E-state index is 13.3. The molecule has 0 unspecified atom stereocenters. The third-order valence-corrected chi connectivity index (χ3v) is 7.48. The molecule has 0 N–H and O–H groups in total. The molecule has 0 saturated carbocycles. The molecule has 0 radical (unpaired) electrons. The van der Waals surface area contributed by atoms with Gasteiger partial charge >= 0.3 is 0 Å². The number of rotatable bonds is 3. The highest BCUT2D eigenvalue weighted by atomic mass is 35.5. The summed E-state index contributed by atoms with van der Waals surface area (Å²) in [5.74, 6) is -0.119. The van der Waals surface area contributed by atoms with E-state index in [1.165, 1.54) is 4.31 Å². The lowest BCUT2D eigenvalue weighted by atomic mass is 10.1. The zero-order valence-corrected chi connectivity index (χ0v) is 19.0. The third kappa shape index (κ3) is 4.20. The van der Waals surface area contributed by atoms with Crippen LogP contribution >= 0.6 is 11.6 Å². The van der Waals surface area contributed by atoms with Gasteiger partial charge in [-0.3, -0.25) is 9.48 Å². The van der Waals surface area contributed by atoms with Crippen molar-refractivity contribution in [1.29, 1.82) is 0 Å². The molecule has 1 aliphatic heterocycles. The molecule has 0 aliphatic carbocycles. The molecule has 3 rings (SSSR count). The van der Waals surface area contributed by atoms with Gasteiger partial charge in [-0.05, 0) is 58.9 Å². The maximum Gasteiger partial charge on any atom is 0.253 e. The Hall–Kier alpha value is -1.90. The number of halogens is 1. The lowest BCUT2D eigenvalue weighted by Gasteiger charge is -2.34. The topological polar surface area (TPSA) is 75.5 Å². The number of carbonyl (C=O) groups is 1. The zero-order valence-electron chi connectivity index (χ0n) is 17.4. The quantitative estimate of drug-likeness (QED) is 0.738. The molecular formula is C20H27ClN4O3S. The van der Waals surface area contributed by atoms with Gasteiger partial charge in [0, 0.05) is 36.8 Å². The summed E-state index contributed by atoms with van der Waals surface area (Å²) in [5, 5.41) is 5.04. The van der Waals surface area contributed by atoms with Crippen LogP contribution in [-0.4, -0.2) is 59.5 Å². The summed E-state index contributed by atoms with van der Waals surface area (Å²) in [6.07, 6.45) is 0. The summed E-state index contributed by atoms with van der Waals surface area (Å²) >= 11 is 5.88. The number of aromatic nitrogens is 2. The summed E-state index contributed by atoms with van der Waals surface area (Å²) in [4.78, 5) is 14.6. The van der Waals surface area contributed by atoms with Gasteiger partial charge in [0.1, 0.15) is 4.90 Å². The zero-order chi connectivity index (χ0) is 21.6. The molecule has 0 atom stereocenters. The van der Waals surface area contributed by atoms with Crippen LogP contribution in [0.2, 0.25) is 5.02 Å². The minimum Gasteiger partial charge on any atom is -0.336 e. The Morgan fingerprint density at radius 3 is 2.07 bits per heavy atom. The Kier molecular flexibility index (Phi) is 5.82. The Morgan fingerprint density at radius 2 is 1.59 bits per heavy atom. The fourth-order valence-corrected chi connectivity index (χ4v) is 5.59. The number of hydrogen-bond acceptors (Lipinski definition) is 4. The van der Waals surface area contributed by atoms with E-state index < -0.39 is 10.0 Å². The van der Waals surface area contributed by atoms with Crippen molar-refractivity contribution in [2.75, 3.05) is 26.2 Å². The largest absolute Gasteiger partial charge is 0.336 e. The van der Waals surface area contributed by atoms with E-state index >= 15 is 0 Å². The molecule has 1 fully saturated rings. The fourth-order valence-electron chi connectivity index (χ4n) is 3.69. The van der Waals surface area contributed by atoms with Crippen molar-refractivity contribution in [1.82, 2.24) is 19.0 Å². The maximum absolute atomic E-state index is 13.3. The van der Waals surface area contributed by atoms with Crippen molar-refractivity contribution >= 4 is 27.5 Å². The van der Waals surface area contributed by atoms with Crippen LogP contribution in [0.15, 0.2) is 29.2 Å². The van der Waals surface area contributed by atoms with Gasteiger partial charge in [-0.25, -0.2) is 8.42 Å². The fraction of sp³-hybridized carbons (Fsp3) is 0.500. The lowest BCUT2D eigenvalue weighted by molar-refractivity contribution is 0.0698. The van der Waals surface area contributed by atoms with Crippen LogP contribution in [0, 0.1) is 13.8 Å². The molecule has 1 aromatic heterocycles. The van der Waals surface area contributed by atoms with E-state index in [1.807, 2.05) is 20.8 Å². The van der Waals surface area contributed by atoms with E-state index in [4.69, 9.17) is 11.6 Å². The molecular weight excluding hydrogens is 412 g/mol. The van der Waals surface area contributed by atoms with Gasteiger partial charge in [0.05, 0.1) is 16.9 Å². The van der Waals surface area contributed by atoms with Crippen molar-refractivity contribution in [3.63, 3.8) is 0 Å². The number of benzene rings is 1. The Morgan fingerprint density at radius 1 is 1.03 bits per heavy atom. The molecule has 1 aliphatic rings. The number of aryl methyl sites for hydroxylation is 1. The number of hydrogen-bond donors (Lipinski definition) is 0. The molecule has 1 saturated heterocycles. The first kappa shape index (κ1) is 21.8. The molecule has 0 spiro atoms. The van der Waals surface area contributed by atoms with Gasteiger partial charge in [-0.2, -0.15) is 9.40 Å². The van der Waals surface area contributed by atoms with Gasteiger partial charge in [0.15, 0.2) is 0 Å². The standard InChI is InChI=1S/C20H27ClN4O3S/c1-14-18(15(2)25(22-14)20(3,4)5)29(27,28)24-12-10-23(11-13-24)19(26)16-6-8-17(21)9-7-16/h6-9H,10-13H2,1-5H3. The van der Waals surface area contributed by atoms with Crippen molar-refractivity contribution in [3.05, 3.63) is 46.2 Å². The molecule has 29 heavy (non-hydrogen) atoms. The monoisotopic (exact) mass is 438 g/mol. The normalized spacial score (nSPS) is 16.3. The van der Waals surface area contributed by atoms with E-state index in [2.05, 4.69) is 5.10 Å². The van der Waals surface area contributed by atoms with E-state index in [9.17, 15) is 13.2 Å². The van der Waals surface area contributed by atoms with Crippen LogP contribution < -0.4 is 0 Å². The van der Waals surface area contributed by atoms with Crippen molar-refractivity contribution in [3.8, 4) is 0 Å². The van der Waals surface area contributed by atoms with E-state index in [-0.39, 0.29) is 29.4 Å². The highest BCUT2D eigenvalue weighted by molar-refractivity contribution is 7.89. The average molecular weight is 439 g/mol. The Labute approximate surface area is 177 Å². The Balaban J connectivity index is 1.78. The average Bonchev–Trinajstić information content (AvgIpc) is 2.97. The number of piperazine rings is 1. The third-order valence-electron chi connectivity index (χ3n) is 5.08. The van der Waals surface area contributed by atoms with Crippen LogP contribution in [-0.2, 0) is 15.6 Å². The summed E-state index contributed by atoms with van der Waals surface area (Å²) in [5.41, 5.74) is 1.36. The molecule has 1 amide bonds. The van der Waals surface area contributed by atoms with Crippen molar-refractivity contribution in [2.24, 2.45) is 0 Å². The molecule has 2 heterocycles. The second kappa shape index (κ2) is 7.74. The number of sulfonamides is 1. The van der Waals surface area contributed by atoms with Gasteiger partial charge in [-0.1, -0.05) is 11.6 Å². The molecule has 0 bridgehead atoms.